The predicted octanol–water partition coefficient (Wildman–Crippen LogP) is 4.23. The molecule has 3 rings (SSSR count). The highest BCUT2D eigenvalue weighted by molar-refractivity contribution is 5.96. The van der Waals surface area contributed by atoms with Gasteiger partial charge in [-0.05, 0) is 42.8 Å². The van der Waals surface area contributed by atoms with Crippen molar-refractivity contribution in [3.05, 3.63) is 59.4 Å². The topological polar surface area (TPSA) is 59.7 Å². The molecule has 1 heterocycles. The van der Waals surface area contributed by atoms with Crippen LogP contribution in [0.25, 0.3) is 11.0 Å². The van der Waals surface area contributed by atoms with Gasteiger partial charge in [0.1, 0.15) is 23.7 Å². The monoisotopic (exact) mass is 296 g/mol. The number of aromatic hydroxyl groups is 1. The van der Waals surface area contributed by atoms with Crippen molar-refractivity contribution in [2.24, 2.45) is 0 Å². The van der Waals surface area contributed by atoms with E-state index in [0.717, 1.165) is 16.5 Å². The largest absolute Gasteiger partial charge is 0.508 e. The number of furan rings is 1. The summed E-state index contributed by atoms with van der Waals surface area (Å²) in [5, 5.41) is 10.2. The summed E-state index contributed by atoms with van der Waals surface area (Å²) in [4.78, 5) is 11.4. The van der Waals surface area contributed by atoms with Gasteiger partial charge < -0.3 is 14.3 Å². The first kappa shape index (κ1) is 14.2. The van der Waals surface area contributed by atoms with E-state index in [1.165, 1.54) is 6.92 Å². The minimum Gasteiger partial charge on any atom is -0.508 e. The van der Waals surface area contributed by atoms with Crippen LogP contribution in [0.4, 0.5) is 0 Å². The number of benzene rings is 2. The lowest BCUT2D eigenvalue weighted by Crippen LogP contribution is -1.96. The van der Waals surface area contributed by atoms with Crippen LogP contribution in [0.2, 0.25) is 0 Å². The second kappa shape index (κ2) is 5.56. The average molecular weight is 296 g/mol. The number of ketones is 1. The van der Waals surface area contributed by atoms with E-state index in [1.54, 1.807) is 18.2 Å². The average Bonchev–Trinajstić information content (AvgIpc) is 2.94. The van der Waals surface area contributed by atoms with Crippen LogP contribution in [0.1, 0.15) is 28.6 Å². The van der Waals surface area contributed by atoms with Gasteiger partial charge in [0.25, 0.3) is 0 Å². The quantitative estimate of drug-likeness (QED) is 0.732. The summed E-state index contributed by atoms with van der Waals surface area (Å²) in [5.41, 5.74) is 2.50. The fourth-order valence-corrected chi connectivity index (χ4v) is 2.31. The molecular formula is C18H16O4. The number of carbonyl (C=O) groups is 1. The summed E-state index contributed by atoms with van der Waals surface area (Å²) in [6, 6.07) is 12.4. The van der Waals surface area contributed by atoms with Gasteiger partial charge in [0, 0.05) is 17.9 Å². The normalized spacial score (nSPS) is 10.8. The number of hydrogen-bond donors (Lipinski definition) is 1. The summed E-state index contributed by atoms with van der Waals surface area (Å²) in [7, 11) is 0. The van der Waals surface area contributed by atoms with E-state index in [2.05, 4.69) is 0 Å². The van der Waals surface area contributed by atoms with Crippen LogP contribution >= 0.6 is 0 Å². The van der Waals surface area contributed by atoms with Crippen molar-refractivity contribution in [3.63, 3.8) is 0 Å². The zero-order valence-corrected chi connectivity index (χ0v) is 12.4. The summed E-state index contributed by atoms with van der Waals surface area (Å²) in [5.74, 6) is 1.20. The Morgan fingerprint density at radius 3 is 2.59 bits per heavy atom. The summed E-state index contributed by atoms with van der Waals surface area (Å²) in [6.45, 7) is 3.78. The summed E-state index contributed by atoms with van der Waals surface area (Å²) in [6.07, 6.45) is 0. The van der Waals surface area contributed by atoms with Crippen molar-refractivity contribution < 1.29 is 19.1 Å². The molecule has 1 N–H and O–H groups in total. The molecular weight excluding hydrogens is 280 g/mol. The number of phenols is 1. The van der Waals surface area contributed by atoms with Crippen molar-refractivity contribution >= 4 is 16.8 Å². The summed E-state index contributed by atoms with van der Waals surface area (Å²) < 4.78 is 11.4. The van der Waals surface area contributed by atoms with E-state index in [1.807, 2.05) is 31.2 Å². The number of hydrogen-bond acceptors (Lipinski definition) is 4. The minimum absolute atomic E-state index is 0.0952. The molecule has 0 amide bonds. The maximum Gasteiger partial charge on any atom is 0.194 e. The minimum atomic E-state index is -0.0952. The molecule has 2 aromatic carbocycles. The highest BCUT2D eigenvalue weighted by Gasteiger charge is 2.12. The van der Waals surface area contributed by atoms with Crippen LogP contribution in [0.5, 0.6) is 11.5 Å². The fraction of sp³-hybridized carbons (Fsp3) is 0.167. The van der Waals surface area contributed by atoms with Gasteiger partial charge in [0.05, 0.1) is 0 Å². The van der Waals surface area contributed by atoms with Crippen molar-refractivity contribution in [1.82, 2.24) is 0 Å². The fourth-order valence-electron chi connectivity index (χ4n) is 2.31. The number of phenolic OH excluding ortho intramolecular Hbond substituents is 1. The maximum atomic E-state index is 11.4. The third-order valence-corrected chi connectivity index (χ3v) is 3.56. The predicted molar refractivity (Wildman–Crippen MR) is 83.4 cm³/mol. The Kier molecular flexibility index (Phi) is 3.59. The number of aryl methyl sites for hydroxylation is 1. The highest BCUT2D eigenvalue weighted by Crippen LogP contribution is 2.30. The zero-order valence-electron chi connectivity index (χ0n) is 12.4. The molecule has 112 valence electrons. The lowest BCUT2D eigenvalue weighted by molar-refractivity contribution is 0.0989. The molecule has 22 heavy (non-hydrogen) atoms. The third-order valence-electron chi connectivity index (χ3n) is 3.56. The third kappa shape index (κ3) is 2.68. The Labute approximate surface area is 127 Å². The number of ether oxygens (including phenoxy) is 1. The molecule has 4 heteroatoms. The molecule has 0 unspecified atom stereocenters. The van der Waals surface area contributed by atoms with Crippen LogP contribution in [-0.4, -0.2) is 10.9 Å². The molecule has 0 bridgehead atoms. The van der Waals surface area contributed by atoms with E-state index in [4.69, 9.17) is 9.15 Å². The van der Waals surface area contributed by atoms with Crippen molar-refractivity contribution in [1.29, 1.82) is 0 Å². The second-order valence-electron chi connectivity index (χ2n) is 5.23. The van der Waals surface area contributed by atoms with Crippen molar-refractivity contribution in [2.75, 3.05) is 0 Å². The molecule has 0 saturated heterocycles. The molecule has 0 aliphatic heterocycles. The first-order chi connectivity index (χ1) is 10.5. The van der Waals surface area contributed by atoms with Crippen LogP contribution in [0, 0.1) is 6.92 Å². The van der Waals surface area contributed by atoms with Gasteiger partial charge in [-0.15, -0.1) is 0 Å². The van der Waals surface area contributed by atoms with E-state index >= 15 is 0 Å². The van der Waals surface area contributed by atoms with Gasteiger partial charge in [0.15, 0.2) is 11.5 Å². The Bertz CT molecular complexity index is 828. The first-order valence-electron chi connectivity index (χ1n) is 6.99. The Balaban J connectivity index is 1.86. The van der Waals surface area contributed by atoms with Crippen LogP contribution in [-0.2, 0) is 6.61 Å². The SMILES string of the molecule is CC(=O)c1cc2ccc(OCc3ccc(O)cc3)c(C)c2o1. The molecule has 1 aromatic heterocycles. The van der Waals surface area contributed by atoms with Gasteiger partial charge in [-0.1, -0.05) is 12.1 Å². The van der Waals surface area contributed by atoms with Crippen LogP contribution in [0.3, 0.4) is 0 Å². The van der Waals surface area contributed by atoms with E-state index < -0.39 is 0 Å². The number of Topliss-reactive ketones (excluding diaryl/α,β-unsaturated/α-hetero) is 1. The smallest absolute Gasteiger partial charge is 0.194 e. The van der Waals surface area contributed by atoms with Crippen molar-refractivity contribution in [3.8, 4) is 11.5 Å². The first-order valence-corrected chi connectivity index (χ1v) is 6.99. The molecule has 0 fully saturated rings. The van der Waals surface area contributed by atoms with E-state index in [-0.39, 0.29) is 11.5 Å². The molecule has 4 nitrogen and oxygen atoms in total. The van der Waals surface area contributed by atoms with Crippen LogP contribution < -0.4 is 4.74 Å². The molecule has 0 aliphatic rings. The van der Waals surface area contributed by atoms with Crippen molar-refractivity contribution in [2.45, 2.75) is 20.5 Å². The molecule has 0 radical (unpaired) electrons. The Hall–Kier alpha value is -2.75. The molecule has 0 saturated carbocycles. The van der Waals surface area contributed by atoms with Gasteiger partial charge >= 0.3 is 0 Å². The number of rotatable bonds is 4. The lowest BCUT2D eigenvalue weighted by Gasteiger charge is -2.09. The highest BCUT2D eigenvalue weighted by atomic mass is 16.5. The maximum absolute atomic E-state index is 11.4. The zero-order chi connectivity index (χ0) is 15.7. The standard InChI is InChI=1S/C18H16O4/c1-11-16(21-10-13-3-6-15(20)7-4-13)8-5-14-9-17(12(2)19)22-18(11)14/h3-9,20H,10H2,1-2H3. The Morgan fingerprint density at radius 1 is 1.18 bits per heavy atom. The second-order valence-corrected chi connectivity index (χ2v) is 5.23. The molecule has 0 spiro atoms. The summed E-state index contributed by atoms with van der Waals surface area (Å²) >= 11 is 0. The molecule has 3 aromatic rings. The molecule has 0 aliphatic carbocycles. The Morgan fingerprint density at radius 2 is 1.91 bits per heavy atom. The number of carbonyl (C=O) groups excluding carboxylic acids is 1. The van der Waals surface area contributed by atoms with Crippen LogP contribution in [0.15, 0.2) is 46.9 Å². The van der Waals surface area contributed by atoms with Gasteiger partial charge in [-0.25, -0.2) is 0 Å². The molecule has 0 atom stereocenters. The van der Waals surface area contributed by atoms with Gasteiger partial charge in [-0.3, -0.25) is 4.79 Å². The van der Waals surface area contributed by atoms with Gasteiger partial charge in [-0.2, -0.15) is 0 Å². The number of fused-ring (bicyclic) bond motifs is 1. The van der Waals surface area contributed by atoms with Gasteiger partial charge in [0.2, 0.25) is 0 Å². The lowest BCUT2D eigenvalue weighted by atomic mass is 10.1. The van der Waals surface area contributed by atoms with E-state index in [9.17, 15) is 9.90 Å². The van der Waals surface area contributed by atoms with E-state index in [0.29, 0.717) is 23.7 Å².